The van der Waals surface area contributed by atoms with Gasteiger partial charge in [0.15, 0.2) is 0 Å². The molecule has 1 aliphatic heterocycles. The van der Waals surface area contributed by atoms with Crippen molar-refractivity contribution in [3.8, 4) is 5.88 Å². The van der Waals surface area contributed by atoms with E-state index >= 15 is 0 Å². The normalized spacial score (nSPS) is 28.0. The second-order valence-corrected chi connectivity index (χ2v) is 5.83. The lowest BCUT2D eigenvalue weighted by molar-refractivity contribution is 0.213. The SMILES string of the molecule is COc1c(C2C(CN)CCN2C2CC2)c(C)nn1C. The molecule has 0 radical (unpaired) electrons. The molecule has 0 spiro atoms. The van der Waals surface area contributed by atoms with Crippen LogP contribution in [0.2, 0.25) is 0 Å². The summed E-state index contributed by atoms with van der Waals surface area (Å²) in [6.07, 6.45) is 3.85. The Morgan fingerprint density at radius 2 is 2.11 bits per heavy atom. The molecule has 106 valence electrons. The summed E-state index contributed by atoms with van der Waals surface area (Å²) in [7, 11) is 3.68. The molecule has 2 aliphatic rings. The minimum atomic E-state index is 0.390. The fourth-order valence-corrected chi connectivity index (χ4v) is 3.58. The highest BCUT2D eigenvalue weighted by Gasteiger charge is 2.44. The van der Waals surface area contributed by atoms with Crippen LogP contribution in [0.5, 0.6) is 5.88 Å². The van der Waals surface area contributed by atoms with E-state index in [0.29, 0.717) is 12.0 Å². The lowest BCUT2D eigenvalue weighted by atomic mass is 9.93. The molecule has 3 rings (SSSR count). The molecule has 1 saturated heterocycles. The molecule has 2 heterocycles. The van der Waals surface area contributed by atoms with Crippen LogP contribution >= 0.6 is 0 Å². The van der Waals surface area contributed by atoms with Gasteiger partial charge in [0.1, 0.15) is 0 Å². The van der Waals surface area contributed by atoms with Gasteiger partial charge in [0.2, 0.25) is 5.88 Å². The third-order valence-corrected chi connectivity index (χ3v) is 4.58. The second kappa shape index (κ2) is 4.80. The van der Waals surface area contributed by atoms with Gasteiger partial charge in [-0.2, -0.15) is 5.10 Å². The van der Waals surface area contributed by atoms with E-state index in [0.717, 1.165) is 30.7 Å². The van der Waals surface area contributed by atoms with Crippen LogP contribution in [0.1, 0.15) is 36.6 Å². The predicted octanol–water partition coefficient (Wildman–Crippen LogP) is 1.22. The zero-order valence-corrected chi connectivity index (χ0v) is 12.1. The van der Waals surface area contributed by atoms with Crippen LogP contribution in [0.3, 0.4) is 0 Å². The average molecular weight is 264 g/mol. The maximum atomic E-state index is 6.00. The number of aromatic nitrogens is 2. The van der Waals surface area contributed by atoms with Crippen LogP contribution in [-0.2, 0) is 7.05 Å². The van der Waals surface area contributed by atoms with E-state index in [9.17, 15) is 0 Å². The summed E-state index contributed by atoms with van der Waals surface area (Å²) in [5.41, 5.74) is 8.33. The summed E-state index contributed by atoms with van der Waals surface area (Å²) >= 11 is 0. The number of hydrogen-bond acceptors (Lipinski definition) is 4. The van der Waals surface area contributed by atoms with Gasteiger partial charge in [-0.15, -0.1) is 0 Å². The van der Waals surface area contributed by atoms with E-state index in [1.807, 2.05) is 11.7 Å². The molecule has 5 heteroatoms. The Balaban J connectivity index is 2.01. The van der Waals surface area contributed by atoms with Crippen molar-refractivity contribution in [2.75, 3.05) is 20.2 Å². The van der Waals surface area contributed by atoms with Crippen molar-refractivity contribution in [1.82, 2.24) is 14.7 Å². The first-order chi connectivity index (χ1) is 9.17. The highest BCUT2D eigenvalue weighted by Crippen LogP contribution is 2.47. The molecule has 5 nitrogen and oxygen atoms in total. The van der Waals surface area contributed by atoms with Crippen LogP contribution in [-0.4, -0.2) is 40.9 Å². The van der Waals surface area contributed by atoms with Gasteiger partial charge in [0, 0.05) is 19.1 Å². The van der Waals surface area contributed by atoms with Crippen molar-refractivity contribution < 1.29 is 4.74 Å². The number of likely N-dealkylation sites (tertiary alicyclic amines) is 1. The molecule has 1 aromatic rings. The van der Waals surface area contributed by atoms with Gasteiger partial charge in [-0.25, -0.2) is 4.68 Å². The van der Waals surface area contributed by atoms with Gasteiger partial charge in [-0.3, -0.25) is 4.90 Å². The Labute approximate surface area is 114 Å². The van der Waals surface area contributed by atoms with Crippen molar-refractivity contribution in [3.63, 3.8) is 0 Å². The largest absolute Gasteiger partial charge is 0.481 e. The molecule has 0 aromatic carbocycles. The highest BCUT2D eigenvalue weighted by atomic mass is 16.5. The average Bonchev–Trinajstić information content (AvgIpc) is 3.08. The Bertz CT molecular complexity index is 466. The maximum absolute atomic E-state index is 6.00. The van der Waals surface area contributed by atoms with Crippen molar-refractivity contribution in [3.05, 3.63) is 11.3 Å². The molecule has 0 amide bonds. The molecule has 2 N–H and O–H groups in total. The third-order valence-electron chi connectivity index (χ3n) is 4.58. The first-order valence-electron chi connectivity index (χ1n) is 7.20. The monoisotopic (exact) mass is 264 g/mol. The number of nitrogens with two attached hydrogens (primary N) is 1. The second-order valence-electron chi connectivity index (χ2n) is 5.83. The molecular weight excluding hydrogens is 240 g/mol. The lowest BCUT2D eigenvalue weighted by Gasteiger charge is -2.28. The zero-order chi connectivity index (χ0) is 13.6. The number of rotatable bonds is 4. The molecule has 2 atom stereocenters. The zero-order valence-electron chi connectivity index (χ0n) is 12.1. The Hall–Kier alpha value is -1.07. The van der Waals surface area contributed by atoms with E-state index in [-0.39, 0.29) is 0 Å². The van der Waals surface area contributed by atoms with Gasteiger partial charge >= 0.3 is 0 Å². The predicted molar refractivity (Wildman–Crippen MR) is 74.1 cm³/mol. The first-order valence-corrected chi connectivity index (χ1v) is 7.20. The summed E-state index contributed by atoms with van der Waals surface area (Å²) in [4.78, 5) is 2.63. The van der Waals surface area contributed by atoms with Crippen LogP contribution in [0.4, 0.5) is 0 Å². The Morgan fingerprint density at radius 3 is 2.68 bits per heavy atom. The van der Waals surface area contributed by atoms with Crippen LogP contribution in [0.15, 0.2) is 0 Å². The smallest absolute Gasteiger partial charge is 0.216 e. The number of methoxy groups -OCH3 is 1. The molecule has 0 bridgehead atoms. The molecule has 1 saturated carbocycles. The number of aryl methyl sites for hydroxylation is 2. The van der Waals surface area contributed by atoms with E-state index in [1.165, 1.54) is 24.8 Å². The maximum Gasteiger partial charge on any atom is 0.216 e. The summed E-state index contributed by atoms with van der Waals surface area (Å²) in [5, 5.41) is 4.53. The van der Waals surface area contributed by atoms with Crippen molar-refractivity contribution >= 4 is 0 Å². The van der Waals surface area contributed by atoms with Crippen LogP contribution < -0.4 is 10.5 Å². The van der Waals surface area contributed by atoms with E-state index < -0.39 is 0 Å². The van der Waals surface area contributed by atoms with E-state index in [2.05, 4.69) is 16.9 Å². The van der Waals surface area contributed by atoms with Crippen LogP contribution in [0.25, 0.3) is 0 Å². The van der Waals surface area contributed by atoms with Crippen molar-refractivity contribution in [1.29, 1.82) is 0 Å². The molecule has 19 heavy (non-hydrogen) atoms. The molecule has 1 aliphatic carbocycles. The molecular formula is C14H24N4O. The number of hydrogen-bond donors (Lipinski definition) is 1. The van der Waals surface area contributed by atoms with Gasteiger partial charge < -0.3 is 10.5 Å². The lowest BCUT2D eigenvalue weighted by Crippen LogP contribution is -2.30. The summed E-state index contributed by atoms with van der Waals surface area (Å²) in [5.74, 6) is 1.42. The number of nitrogens with zero attached hydrogens (tertiary/aromatic N) is 3. The van der Waals surface area contributed by atoms with Gasteiger partial charge in [-0.1, -0.05) is 0 Å². The fraction of sp³-hybridized carbons (Fsp3) is 0.786. The van der Waals surface area contributed by atoms with E-state index in [4.69, 9.17) is 10.5 Å². The minimum absolute atomic E-state index is 0.390. The Morgan fingerprint density at radius 1 is 1.37 bits per heavy atom. The quantitative estimate of drug-likeness (QED) is 0.888. The standard InChI is InChI=1S/C14H24N4O/c1-9-12(14(19-3)17(2)16-9)13-10(8-15)6-7-18(13)11-4-5-11/h10-11,13H,4-8,15H2,1-3H3. The third kappa shape index (κ3) is 2.05. The topological polar surface area (TPSA) is 56.3 Å². The minimum Gasteiger partial charge on any atom is -0.481 e. The van der Waals surface area contributed by atoms with E-state index in [1.54, 1.807) is 7.11 Å². The molecule has 2 unspecified atom stereocenters. The number of ether oxygens (including phenoxy) is 1. The summed E-state index contributed by atoms with van der Waals surface area (Å²) < 4.78 is 7.43. The fourth-order valence-electron chi connectivity index (χ4n) is 3.58. The molecule has 1 aromatic heterocycles. The van der Waals surface area contributed by atoms with Gasteiger partial charge in [0.05, 0.1) is 18.4 Å². The molecule has 2 fully saturated rings. The van der Waals surface area contributed by atoms with Crippen molar-refractivity contribution in [2.45, 2.75) is 38.3 Å². The van der Waals surface area contributed by atoms with Gasteiger partial charge in [0.25, 0.3) is 0 Å². The van der Waals surface area contributed by atoms with Gasteiger partial charge in [-0.05, 0) is 45.2 Å². The summed E-state index contributed by atoms with van der Waals surface area (Å²) in [6.45, 7) is 3.98. The highest BCUT2D eigenvalue weighted by molar-refractivity contribution is 5.36. The van der Waals surface area contributed by atoms with Crippen molar-refractivity contribution in [2.24, 2.45) is 18.7 Å². The van der Waals surface area contributed by atoms with Crippen LogP contribution in [0, 0.1) is 12.8 Å². The first kappa shape index (κ1) is 12.9. The summed E-state index contributed by atoms with van der Waals surface area (Å²) in [6, 6.07) is 1.15. The Kier molecular flexibility index (Phi) is 3.27.